The van der Waals surface area contributed by atoms with Crippen LogP contribution >= 0.6 is 0 Å². The van der Waals surface area contributed by atoms with Crippen LogP contribution in [-0.2, 0) is 25.4 Å². The van der Waals surface area contributed by atoms with E-state index in [1.165, 1.54) is 5.56 Å². The summed E-state index contributed by atoms with van der Waals surface area (Å²) in [5.74, 6) is 0.313. The molecule has 1 atom stereocenters. The second-order valence-electron chi connectivity index (χ2n) is 10.7. The standard InChI is InChI=1S/C25H40BNO4/c1-17(2)14-22(23(28)29-21-10-8-9-11-21)27-16-19-12-13-20(15-18(19)3)26-30-24(4,5)25(6,7)31-26/h12-13,15,17,21-22,27H,8-11,14,16H2,1-7H3/t22-/m1/s1. The molecule has 6 heteroatoms. The fourth-order valence-electron chi connectivity index (χ4n) is 4.26. The van der Waals surface area contributed by atoms with E-state index in [1.807, 2.05) is 0 Å². The average Bonchev–Trinajstić information content (AvgIpc) is 3.24. The number of hydrogen-bond donors (Lipinski definition) is 1. The van der Waals surface area contributed by atoms with Gasteiger partial charge in [-0.1, -0.05) is 32.0 Å². The van der Waals surface area contributed by atoms with Crippen LogP contribution in [0.1, 0.15) is 84.8 Å². The Bertz CT molecular complexity index is 755. The normalized spacial score (nSPS) is 21.6. The van der Waals surface area contributed by atoms with E-state index in [-0.39, 0.29) is 36.4 Å². The van der Waals surface area contributed by atoms with Crippen LogP contribution < -0.4 is 10.8 Å². The van der Waals surface area contributed by atoms with Crippen LogP contribution in [0.4, 0.5) is 0 Å². The Labute approximate surface area is 188 Å². The third kappa shape index (κ3) is 5.91. The van der Waals surface area contributed by atoms with E-state index in [9.17, 15) is 4.79 Å². The molecule has 2 aliphatic rings. The lowest BCUT2D eigenvalue weighted by atomic mass is 9.78. The van der Waals surface area contributed by atoms with Gasteiger partial charge in [0.25, 0.3) is 0 Å². The number of carbonyl (C=O) groups is 1. The number of nitrogens with one attached hydrogen (secondary N) is 1. The molecule has 0 aromatic heterocycles. The Morgan fingerprint density at radius 2 is 1.77 bits per heavy atom. The number of rotatable bonds is 8. The lowest BCUT2D eigenvalue weighted by molar-refractivity contribution is -0.151. The molecule has 0 bridgehead atoms. The fraction of sp³-hybridized carbons (Fsp3) is 0.720. The number of aryl methyl sites for hydroxylation is 1. The molecule has 0 radical (unpaired) electrons. The van der Waals surface area contributed by atoms with E-state index in [0.717, 1.165) is 43.1 Å². The third-order valence-electron chi connectivity index (χ3n) is 7.01. The van der Waals surface area contributed by atoms with Crippen molar-refractivity contribution in [3.8, 4) is 0 Å². The molecule has 172 valence electrons. The maximum absolute atomic E-state index is 12.8. The van der Waals surface area contributed by atoms with Crippen LogP contribution in [0, 0.1) is 12.8 Å². The molecule has 1 heterocycles. The van der Waals surface area contributed by atoms with Gasteiger partial charge in [0, 0.05) is 6.54 Å². The van der Waals surface area contributed by atoms with Crippen LogP contribution in [0.15, 0.2) is 18.2 Å². The molecular weight excluding hydrogens is 389 g/mol. The van der Waals surface area contributed by atoms with Gasteiger partial charge in [-0.2, -0.15) is 0 Å². The fourth-order valence-corrected chi connectivity index (χ4v) is 4.26. The Morgan fingerprint density at radius 1 is 1.16 bits per heavy atom. The van der Waals surface area contributed by atoms with Crippen LogP contribution in [0.2, 0.25) is 0 Å². The molecule has 2 fully saturated rings. The number of benzene rings is 1. The van der Waals surface area contributed by atoms with E-state index >= 15 is 0 Å². The summed E-state index contributed by atoms with van der Waals surface area (Å²) < 4.78 is 18.1. The highest BCUT2D eigenvalue weighted by atomic mass is 16.7. The van der Waals surface area contributed by atoms with Crippen molar-refractivity contribution in [3.63, 3.8) is 0 Å². The highest BCUT2D eigenvalue weighted by Crippen LogP contribution is 2.36. The Balaban J connectivity index is 1.63. The van der Waals surface area contributed by atoms with Crippen molar-refractivity contribution in [1.82, 2.24) is 5.32 Å². The summed E-state index contributed by atoms with van der Waals surface area (Å²) in [6.07, 6.45) is 5.20. The molecule has 1 saturated heterocycles. The predicted octanol–water partition coefficient (Wildman–Crippen LogP) is 4.28. The van der Waals surface area contributed by atoms with Crippen molar-refractivity contribution < 1.29 is 18.8 Å². The van der Waals surface area contributed by atoms with Crippen molar-refractivity contribution in [1.29, 1.82) is 0 Å². The average molecular weight is 429 g/mol. The van der Waals surface area contributed by atoms with Crippen LogP contribution in [-0.4, -0.2) is 36.4 Å². The minimum Gasteiger partial charge on any atom is -0.461 e. The third-order valence-corrected chi connectivity index (χ3v) is 7.01. The molecule has 5 nitrogen and oxygen atoms in total. The summed E-state index contributed by atoms with van der Waals surface area (Å²) in [6, 6.07) is 6.04. The highest BCUT2D eigenvalue weighted by molar-refractivity contribution is 6.62. The van der Waals surface area contributed by atoms with Gasteiger partial charge in [0.05, 0.1) is 11.2 Å². The molecule has 3 rings (SSSR count). The van der Waals surface area contributed by atoms with Gasteiger partial charge < -0.3 is 19.4 Å². The molecular formula is C25H40BNO4. The largest absolute Gasteiger partial charge is 0.494 e. The molecule has 0 unspecified atom stereocenters. The Kier molecular flexibility index (Phi) is 7.55. The molecule has 1 N–H and O–H groups in total. The number of carbonyl (C=O) groups excluding carboxylic acids is 1. The van der Waals surface area contributed by atoms with E-state index < -0.39 is 0 Å². The van der Waals surface area contributed by atoms with Gasteiger partial charge in [-0.15, -0.1) is 0 Å². The maximum Gasteiger partial charge on any atom is 0.494 e. The van der Waals surface area contributed by atoms with E-state index in [4.69, 9.17) is 14.0 Å². The lowest BCUT2D eigenvalue weighted by Gasteiger charge is -2.32. The highest BCUT2D eigenvalue weighted by Gasteiger charge is 2.51. The van der Waals surface area contributed by atoms with E-state index in [2.05, 4.69) is 72.0 Å². The molecule has 1 aliphatic carbocycles. The second kappa shape index (κ2) is 9.64. The predicted molar refractivity (Wildman–Crippen MR) is 125 cm³/mol. The monoisotopic (exact) mass is 429 g/mol. The van der Waals surface area contributed by atoms with Gasteiger partial charge in [-0.05, 0) is 89.2 Å². The van der Waals surface area contributed by atoms with Gasteiger partial charge in [0.2, 0.25) is 0 Å². The topological polar surface area (TPSA) is 56.8 Å². The lowest BCUT2D eigenvalue weighted by Crippen LogP contribution is -2.41. The van der Waals surface area contributed by atoms with E-state index in [1.54, 1.807) is 0 Å². The van der Waals surface area contributed by atoms with Crippen LogP contribution in [0.25, 0.3) is 0 Å². The van der Waals surface area contributed by atoms with E-state index in [0.29, 0.717) is 12.5 Å². The molecule has 0 amide bonds. The van der Waals surface area contributed by atoms with Crippen molar-refractivity contribution in [2.45, 2.75) is 110 Å². The number of hydrogen-bond acceptors (Lipinski definition) is 5. The first-order valence-corrected chi connectivity index (χ1v) is 11.9. The number of ether oxygens (including phenoxy) is 1. The second-order valence-corrected chi connectivity index (χ2v) is 10.7. The van der Waals surface area contributed by atoms with Gasteiger partial charge in [-0.25, -0.2) is 0 Å². The maximum atomic E-state index is 12.8. The van der Waals surface area contributed by atoms with Crippen molar-refractivity contribution in [2.75, 3.05) is 0 Å². The minimum atomic E-state index is -0.360. The van der Waals surface area contributed by atoms with Crippen molar-refractivity contribution >= 4 is 18.6 Å². The number of esters is 1. The summed E-state index contributed by atoms with van der Waals surface area (Å²) in [5, 5.41) is 3.46. The summed E-state index contributed by atoms with van der Waals surface area (Å²) in [6.45, 7) is 15.3. The van der Waals surface area contributed by atoms with Crippen LogP contribution in [0.5, 0.6) is 0 Å². The Morgan fingerprint density at radius 3 is 2.32 bits per heavy atom. The molecule has 1 aromatic rings. The van der Waals surface area contributed by atoms with Gasteiger partial charge in [0.15, 0.2) is 0 Å². The quantitative estimate of drug-likeness (QED) is 0.494. The zero-order valence-electron chi connectivity index (χ0n) is 20.4. The summed E-state index contributed by atoms with van der Waals surface area (Å²) in [4.78, 5) is 12.8. The zero-order chi connectivity index (χ0) is 22.8. The Hall–Kier alpha value is -1.37. The van der Waals surface area contributed by atoms with Crippen LogP contribution in [0.3, 0.4) is 0 Å². The first kappa shape index (κ1) is 24.3. The smallest absolute Gasteiger partial charge is 0.461 e. The molecule has 1 saturated carbocycles. The summed E-state index contributed by atoms with van der Waals surface area (Å²) in [7, 11) is -0.360. The van der Waals surface area contributed by atoms with Gasteiger partial charge in [0.1, 0.15) is 12.1 Å². The molecule has 0 spiro atoms. The summed E-state index contributed by atoms with van der Waals surface area (Å²) >= 11 is 0. The minimum absolute atomic E-state index is 0.102. The molecule has 1 aromatic carbocycles. The zero-order valence-corrected chi connectivity index (χ0v) is 20.4. The molecule has 31 heavy (non-hydrogen) atoms. The first-order valence-electron chi connectivity index (χ1n) is 11.9. The summed E-state index contributed by atoms with van der Waals surface area (Å²) in [5.41, 5.74) is 2.65. The van der Waals surface area contributed by atoms with Crippen molar-refractivity contribution in [3.05, 3.63) is 29.3 Å². The van der Waals surface area contributed by atoms with Gasteiger partial charge in [-0.3, -0.25) is 4.79 Å². The SMILES string of the molecule is Cc1cc(B2OC(C)(C)C(C)(C)O2)ccc1CN[C@H](CC(C)C)C(=O)OC1CCCC1. The van der Waals surface area contributed by atoms with Crippen molar-refractivity contribution in [2.24, 2.45) is 5.92 Å². The first-order chi connectivity index (χ1) is 14.5. The van der Waals surface area contributed by atoms with Gasteiger partial charge >= 0.3 is 13.1 Å². The molecule has 1 aliphatic heterocycles.